The number of pyridine rings is 1. The molecule has 0 bridgehead atoms. The zero-order chi connectivity index (χ0) is 8.27. The fraction of sp³-hybridized carbons (Fsp3) is 0.333. The summed E-state index contributed by atoms with van der Waals surface area (Å²) in [6, 6.07) is 1.81. The molecule has 0 aliphatic rings. The van der Waals surface area contributed by atoms with Crippen molar-refractivity contribution in [3.63, 3.8) is 0 Å². The Morgan fingerprint density at radius 3 is 2.82 bits per heavy atom. The minimum atomic E-state index is 0.514. The Kier molecular flexibility index (Phi) is 2.36. The molecular weight excluding hydrogens is 138 g/mol. The number of rotatable bonds is 2. The van der Waals surface area contributed by atoms with E-state index in [9.17, 15) is 4.79 Å². The SMILES string of the molecule is CCc1cnc(C=O)cc1C. The van der Waals surface area contributed by atoms with E-state index in [4.69, 9.17) is 0 Å². The van der Waals surface area contributed by atoms with E-state index in [1.54, 1.807) is 6.20 Å². The minimum absolute atomic E-state index is 0.514. The Labute approximate surface area is 66.3 Å². The first-order valence-electron chi connectivity index (χ1n) is 3.68. The van der Waals surface area contributed by atoms with Crippen molar-refractivity contribution >= 4 is 6.29 Å². The van der Waals surface area contributed by atoms with Crippen molar-refractivity contribution in [1.29, 1.82) is 0 Å². The number of aromatic nitrogens is 1. The van der Waals surface area contributed by atoms with Crippen molar-refractivity contribution in [2.24, 2.45) is 0 Å². The molecule has 0 saturated heterocycles. The van der Waals surface area contributed by atoms with E-state index in [0.717, 1.165) is 18.3 Å². The van der Waals surface area contributed by atoms with Gasteiger partial charge in [-0.15, -0.1) is 0 Å². The third-order valence-electron chi connectivity index (χ3n) is 1.74. The summed E-state index contributed by atoms with van der Waals surface area (Å²) in [7, 11) is 0. The smallest absolute Gasteiger partial charge is 0.168 e. The molecule has 1 aromatic rings. The Morgan fingerprint density at radius 1 is 1.64 bits per heavy atom. The summed E-state index contributed by atoms with van der Waals surface area (Å²) in [5.41, 5.74) is 2.86. The summed E-state index contributed by atoms with van der Waals surface area (Å²) in [4.78, 5) is 14.3. The van der Waals surface area contributed by atoms with Gasteiger partial charge in [-0.25, -0.2) is 0 Å². The zero-order valence-electron chi connectivity index (χ0n) is 6.79. The van der Waals surface area contributed by atoms with Gasteiger partial charge in [-0.3, -0.25) is 9.78 Å². The average molecular weight is 149 g/mol. The molecule has 0 amide bonds. The van der Waals surface area contributed by atoms with Crippen LogP contribution in [0, 0.1) is 6.92 Å². The first-order valence-corrected chi connectivity index (χ1v) is 3.68. The van der Waals surface area contributed by atoms with Gasteiger partial charge in [0, 0.05) is 6.20 Å². The molecule has 11 heavy (non-hydrogen) atoms. The molecular formula is C9H11NO. The van der Waals surface area contributed by atoms with E-state index in [-0.39, 0.29) is 0 Å². The van der Waals surface area contributed by atoms with Gasteiger partial charge in [0.2, 0.25) is 0 Å². The Morgan fingerprint density at radius 2 is 2.36 bits per heavy atom. The van der Waals surface area contributed by atoms with Crippen LogP contribution in [0.3, 0.4) is 0 Å². The van der Waals surface area contributed by atoms with E-state index in [0.29, 0.717) is 5.69 Å². The van der Waals surface area contributed by atoms with Crippen molar-refractivity contribution in [2.75, 3.05) is 0 Å². The molecule has 0 aliphatic carbocycles. The van der Waals surface area contributed by atoms with E-state index in [1.165, 1.54) is 5.56 Å². The van der Waals surface area contributed by atoms with Gasteiger partial charge in [0.05, 0.1) is 0 Å². The molecule has 0 unspecified atom stereocenters. The molecule has 0 radical (unpaired) electrons. The minimum Gasteiger partial charge on any atom is -0.296 e. The predicted octanol–water partition coefficient (Wildman–Crippen LogP) is 1.76. The van der Waals surface area contributed by atoms with E-state index in [1.807, 2.05) is 13.0 Å². The highest BCUT2D eigenvalue weighted by atomic mass is 16.1. The second-order valence-electron chi connectivity index (χ2n) is 2.51. The van der Waals surface area contributed by atoms with Gasteiger partial charge >= 0.3 is 0 Å². The first-order chi connectivity index (χ1) is 5.27. The standard InChI is InChI=1S/C9H11NO/c1-3-8-5-10-9(6-11)4-7(8)2/h4-6H,3H2,1-2H3. The number of aldehydes is 1. The summed E-state index contributed by atoms with van der Waals surface area (Å²) in [6.45, 7) is 4.07. The van der Waals surface area contributed by atoms with Crippen LogP contribution in [-0.2, 0) is 6.42 Å². The highest BCUT2D eigenvalue weighted by Crippen LogP contribution is 2.07. The molecule has 0 aromatic carbocycles. The molecule has 0 N–H and O–H groups in total. The van der Waals surface area contributed by atoms with Gasteiger partial charge in [-0.05, 0) is 30.5 Å². The molecule has 1 aromatic heterocycles. The number of aryl methyl sites for hydroxylation is 2. The van der Waals surface area contributed by atoms with Gasteiger partial charge in [0.15, 0.2) is 6.29 Å². The van der Waals surface area contributed by atoms with Gasteiger partial charge in [-0.1, -0.05) is 6.92 Å². The van der Waals surface area contributed by atoms with Gasteiger partial charge in [0.1, 0.15) is 5.69 Å². The quantitative estimate of drug-likeness (QED) is 0.600. The van der Waals surface area contributed by atoms with Gasteiger partial charge in [-0.2, -0.15) is 0 Å². The van der Waals surface area contributed by atoms with Crippen LogP contribution in [0.25, 0.3) is 0 Å². The number of nitrogens with zero attached hydrogens (tertiary/aromatic N) is 1. The monoisotopic (exact) mass is 149 g/mol. The summed E-state index contributed by atoms with van der Waals surface area (Å²) in [5, 5.41) is 0. The Hall–Kier alpha value is -1.18. The molecule has 2 nitrogen and oxygen atoms in total. The maximum atomic E-state index is 10.3. The summed E-state index contributed by atoms with van der Waals surface area (Å²) in [5.74, 6) is 0. The van der Waals surface area contributed by atoms with Gasteiger partial charge in [0.25, 0.3) is 0 Å². The topological polar surface area (TPSA) is 30.0 Å². The maximum absolute atomic E-state index is 10.3. The highest BCUT2D eigenvalue weighted by molar-refractivity contribution is 5.72. The normalized spacial score (nSPS) is 9.64. The van der Waals surface area contributed by atoms with Crippen LogP contribution < -0.4 is 0 Å². The molecule has 0 atom stereocenters. The van der Waals surface area contributed by atoms with Crippen LogP contribution in [0.2, 0.25) is 0 Å². The van der Waals surface area contributed by atoms with Crippen molar-refractivity contribution in [2.45, 2.75) is 20.3 Å². The van der Waals surface area contributed by atoms with Crippen LogP contribution in [0.1, 0.15) is 28.5 Å². The van der Waals surface area contributed by atoms with Crippen molar-refractivity contribution < 1.29 is 4.79 Å². The Balaban J connectivity index is 3.09. The molecule has 0 aliphatic heterocycles. The fourth-order valence-corrected chi connectivity index (χ4v) is 1.04. The van der Waals surface area contributed by atoms with E-state index < -0.39 is 0 Å². The van der Waals surface area contributed by atoms with Crippen molar-refractivity contribution in [3.05, 3.63) is 29.1 Å². The summed E-state index contributed by atoms with van der Waals surface area (Å²) in [6.07, 6.45) is 3.50. The van der Waals surface area contributed by atoms with Crippen LogP contribution in [-0.4, -0.2) is 11.3 Å². The number of hydrogen-bond acceptors (Lipinski definition) is 2. The second-order valence-corrected chi connectivity index (χ2v) is 2.51. The zero-order valence-corrected chi connectivity index (χ0v) is 6.79. The second kappa shape index (κ2) is 3.28. The predicted molar refractivity (Wildman–Crippen MR) is 43.7 cm³/mol. The number of hydrogen-bond donors (Lipinski definition) is 0. The average Bonchev–Trinajstić information content (AvgIpc) is 2.04. The van der Waals surface area contributed by atoms with Crippen molar-refractivity contribution in [3.8, 4) is 0 Å². The molecule has 0 spiro atoms. The Bertz CT molecular complexity index is 268. The molecule has 1 heterocycles. The third-order valence-corrected chi connectivity index (χ3v) is 1.74. The van der Waals surface area contributed by atoms with Crippen molar-refractivity contribution in [1.82, 2.24) is 4.98 Å². The molecule has 1 rings (SSSR count). The lowest BCUT2D eigenvalue weighted by atomic mass is 10.1. The summed E-state index contributed by atoms with van der Waals surface area (Å²) >= 11 is 0. The number of carbonyl (C=O) groups is 1. The maximum Gasteiger partial charge on any atom is 0.168 e. The summed E-state index contributed by atoms with van der Waals surface area (Å²) < 4.78 is 0. The van der Waals surface area contributed by atoms with Crippen LogP contribution in [0.5, 0.6) is 0 Å². The molecule has 0 fully saturated rings. The molecule has 0 saturated carbocycles. The largest absolute Gasteiger partial charge is 0.296 e. The van der Waals surface area contributed by atoms with Gasteiger partial charge < -0.3 is 0 Å². The van der Waals surface area contributed by atoms with Crippen LogP contribution in [0.4, 0.5) is 0 Å². The first kappa shape index (κ1) is 7.92. The lowest BCUT2D eigenvalue weighted by Crippen LogP contribution is -1.92. The molecule has 2 heteroatoms. The molecule has 58 valence electrons. The van der Waals surface area contributed by atoms with Crippen LogP contribution in [0.15, 0.2) is 12.3 Å². The van der Waals surface area contributed by atoms with E-state index >= 15 is 0 Å². The van der Waals surface area contributed by atoms with E-state index in [2.05, 4.69) is 11.9 Å². The highest BCUT2D eigenvalue weighted by Gasteiger charge is 1.97. The lowest BCUT2D eigenvalue weighted by molar-refractivity contribution is 0.111. The fourth-order valence-electron chi connectivity index (χ4n) is 1.04. The number of carbonyl (C=O) groups excluding carboxylic acids is 1. The third kappa shape index (κ3) is 1.64. The lowest BCUT2D eigenvalue weighted by Gasteiger charge is -2.00. The van der Waals surface area contributed by atoms with Crippen LogP contribution >= 0.6 is 0 Å².